The number of rotatable bonds is 8. The summed E-state index contributed by atoms with van der Waals surface area (Å²) in [6.07, 6.45) is 1.98. The lowest BCUT2D eigenvalue weighted by atomic mass is 10.1. The smallest absolute Gasteiger partial charge is 0.328 e. The molecule has 0 saturated heterocycles. The molecule has 0 radical (unpaired) electrons. The number of hydrogen-bond donors (Lipinski definition) is 1. The molecule has 1 aromatic rings. The lowest BCUT2D eigenvalue weighted by Gasteiger charge is -2.23. The maximum absolute atomic E-state index is 5.60. The van der Waals surface area contributed by atoms with Crippen LogP contribution in [0.25, 0.3) is 0 Å². The molecule has 1 aromatic carbocycles. The molecule has 2 N–H and O–H groups in total. The molecule has 0 saturated carbocycles. The molecule has 0 amide bonds. The highest BCUT2D eigenvalue weighted by Crippen LogP contribution is 2.26. The predicted molar refractivity (Wildman–Crippen MR) is 75.2 cm³/mol. The van der Waals surface area contributed by atoms with Gasteiger partial charge in [-0.3, -0.25) is 0 Å². The molecule has 0 aliphatic rings. The summed E-state index contributed by atoms with van der Waals surface area (Å²) >= 11 is 0. The van der Waals surface area contributed by atoms with E-state index in [2.05, 4.69) is 12.1 Å². The summed E-state index contributed by atoms with van der Waals surface area (Å²) in [7, 11) is 3.43. The van der Waals surface area contributed by atoms with Crippen LogP contribution in [0, 0.1) is 0 Å². The monoisotopic (exact) mass is 269 g/mol. The van der Waals surface area contributed by atoms with Crippen LogP contribution in [0.15, 0.2) is 24.3 Å². The molecule has 0 fully saturated rings. The maximum atomic E-state index is 5.60. The Hall–Kier alpha value is -0.883. The Labute approximate surface area is 111 Å². The van der Waals surface area contributed by atoms with Crippen LogP contribution in [0.2, 0.25) is 0 Å². The van der Waals surface area contributed by atoms with Gasteiger partial charge in [-0.25, -0.2) is 0 Å². The van der Waals surface area contributed by atoms with Crippen molar-refractivity contribution in [2.75, 3.05) is 27.9 Å². The van der Waals surface area contributed by atoms with Gasteiger partial charge in [0, 0.05) is 19.8 Å². The maximum Gasteiger partial charge on any atom is 0.328 e. The van der Waals surface area contributed by atoms with Crippen molar-refractivity contribution >= 4 is 9.28 Å². The fraction of sp³-hybridized carbons (Fsp3) is 0.538. The van der Waals surface area contributed by atoms with Crippen LogP contribution < -0.4 is 10.5 Å². The highest BCUT2D eigenvalue weighted by atomic mass is 28.3. The second kappa shape index (κ2) is 8.26. The summed E-state index contributed by atoms with van der Waals surface area (Å²) in [5.74, 6) is 0.865. The van der Waals surface area contributed by atoms with Gasteiger partial charge in [-0.05, 0) is 37.1 Å². The summed E-state index contributed by atoms with van der Waals surface area (Å²) in [6.45, 7) is 0.696. The van der Waals surface area contributed by atoms with E-state index in [0.29, 0.717) is 12.1 Å². The standard InChI is InChI=1S/C13H23NO3Si/c1-15-12-8-6-11(7-9-12)13(5-4-10-14)18(16-2)17-3/h6-9,13,18H,4-5,10,14H2,1-3H3. The Morgan fingerprint density at radius 1 is 1.11 bits per heavy atom. The number of nitrogens with two attached hydrogens (primary N) is 1. The first-order valence-corrected chi connectivity index (χ1v) is 7.77. The highest BCUT2D eigenvalue weighted by molar-refractivity contribution is 6.46. The predicted octanol–water partition coefficient (Wildman–Crippen LogP) is 1.57. The zero-order chi connectivity index (χ0) is 13.4. The Morgan fingerprint density at radius 2 is 1.72 bits per heavy atom. The molecule has 0 aromatic heterocycles. The van der Waals surface area contributed by atoms with Crippen molar-refractivity contribution in [3.05, 3.63) is 29.8 Å². The minimum atomic E-state index is -1.69. The minimum Gasteiger partial charge on any atom is -0.497 e. The van der Waals surface area contributed by atoms with E-state index in [1.54, 1.807) is 21.3 Å². The van der Waals surface area contributed by atoms with E-state index in [1.807, 2.05) is 12.1 Å². The molecule has 102 valence electrons. The van der Waals surface area contributed by atoms with Gasteiger partial charge in [0.15, 0.2) is 0 Å². The quantitative estimate of drug-likeness (QED) is 0.728. The Balaban J connectivity index is 2.85. The SMILES string of the molecule is COc1ccc(C(CCCN)[SiH](OC)OC)cc1. The summed E-state index contributed by atoms with van der Waals surface area (Å²) in [5.41, 5.74) is 7.17. The first-order valence-electron chi connectivity index (χ1n) is 6.16. The summed E-state index contributed by atoms with van der Waals surface area (Å²) in [5, 5.41) is 0. The van der Waals surface area contributed by atoms with Gasteiger partial charge in [-0.2, -0.15) is 0 Å². The molecule has 1 rings (SSSR count). The van der Waals surface area contributed by atoms with Crippen LogP contribution >= 0.6 is 0 Å². The average molecular weight is 269 g/mol. The van der Waals surface area contributed by atoms with Crippen molar-refractivity contribution in [1.82, 2.24) is 0 Å². The van der Waals surface area contributed by atoms with Gasteiger partial charge in [0.25, 0.3) is 0 Å². The molecule has 4 nitrogen and oxygen atoms in total. The van der Waals surface area contributed by atoms with Gasteiger partial charge in [0.1, 0.15) is 5.75 Å². The van der Waals surface area contributed by atoms with Gasteiger partial charge in [-0.1, -0.05) is 12.1 Å². The van der Waals surface area contributed by atoms with E-state index in [0.717, 1.165) is 18.6 Å². The van der Waals surface area contributed by atoms with Crippen LogP contribution in [-0.2, 0) is 8.85 Å². The van der Waals surface area contributed by atoms with E-state index in [9.17, 15) is 0 Å². The van der Waals surface area contributed by atoms with E-state index in [4.69, 9.17) is 19.3 Å². The number of benzene rings is 1. The first kappa shape index (κ1) is 15.2. The Kier molecular flexibility index (Phi) is 6.96. The van der Waals surface area contributed by atoms with Crippen LogP contribution in [0.5, 0.6) is 5.75 Å². The van der Waals surface area contributed by atoms with Crippen LogP contribution in [0.3, 0.4) is 0 Å². The molecule has 0 heterocycles. The van der Waals surface area contributed by atoms with E-state index >= 15 is 0 Å². The molecule has 1 atom stereocenters. The van der Waals surface area contributed by atoms with Crippen LogP contribution in [0.1, 0.15) is 23.9 Å². The highest BCUT2D eigenvalue weighted by Gasteiger charge is 2.25. The first-order chi connectivity index (χ1) is 8.76. The fourth-order valence-corrected chi connectivity index (χ4v) is 3.97. The summed E-state index contributed by atoms with van der Waals surface area (Å²) in [6, 6.07) is 8.11. The third-order valence-electron chi connectivity index (χ3n) is 3.06. The average Bonchev–Trinajstić information content (AvgIpc) is 2.43. The van der Waals surface area contributed by atoms with E-state index < -0.39 is 9.28 Å². The molecule has 5 heteroatoms. The normalized spacial score (nSPS) is 12.7. The Morgan fingerprint density at radius 3 is 2.17 bits per heavy atom. The van der Waals surface area contributed by atoms with E-state index in [1.165, 1.54) is 5.56 Å². The number of methoxy groups -OCH3 is 1. The molecule has 0 spiro atoms. The third-order valence-corrected chi connectivity index (χ3v) is 5.36. The summed E-state index contributed by atoms with van der Waals surface area (Å²) in [4.78, 5) is 0. The van der Waals surface area contributed by atoms with E-state index in [-0.39, 0.29) is 0 Å². The lowest BCUT2D eigenvalue weighted by Crippen LogP contribution is -2.29. The zero-order valence-electron chi connectivity index (χ0n) is 11.4. The Bertz CT molecular complexity index is 328. The van der Waals surface area contributed by atoms with Crippen molar-refractivity contribution in [3.8, 4) is 5.75 Å². The van der Waals surface area contributed by atoms with Crippen molar-refractivity contribution < 1.29 is 13.6 Å². The van der Waals surface area contributed by atoms with Crippen molar-refractivity contribution in [2.45, 2.75) is 18.4 Å². The third kappa shape index (κ3) is 4.10. The van der Waals surface area contributed by atoms with Crippen molar-refractivity contribution in [2.24, 2.45) is 5.73 Å². The molecular formula is C13H23NO3Si. The van der Waals surface area contributed by atoms with Gasteiger partial charge in [0.05, 0.1) is 7.11 Å². The van der Waals surface area contributed by atoms with Gasteiger partial charge >= 0.3 is 9.28 Å². The van der Waals surface area contributed by atoms with Gasteiger partial charge in [0.2, 0.25) is 0 Å². The van der Waals surface area contributed by atoms with Gasteiger partial charge < -0.3 is 19.3 Å². The second-order valence-electron chi connectivity index (χ2n) is 4.15. The summed E-state index contributed by atoms with van der Waals surface area (Å²) < 4.78 is 16.2. The number of ether oxygens (including phenoxy) is 1. The topological polar surface area (TPSA) is 53.7 Å². The molecular weight excluding hydrogens is 246 g/mol. The molecule has 0 aliphatic carbocycles. The van der Waals surface area contributed by atoms with Gasteiger partial charge in [-0.15, -0.1) is 0 Å². The number of hydrogen-bond acceptors (Lipinski definition) is 4. The van der Waals surface area contributed by atoms with Crippen molar-refractivity contribution in [3.63, 3.8) is 0 Å². The molecule has 0 bridgehead atoms. The zero-order valence-corrected chi connectivity index (χ0v) is 12.5. The molecule has 1 unspecified atom stereocenters. The van der Waals surface area contributed by atoms with Crippen molar-refractivity contribution in [1.29, 1.82) is 0 Å². The molecule has 0 aliphatic heterocycles. The minimum absolute atomic E-state index is 0.328. The largest absolute Gasteiger partial charge is 0.497 e. The lowest BCUT2D eigenvalue weighted by molar-refractivity contribution is 0.264. The van der Waals surface area contributed by atoms with Crippen LogP contribution in [0.4, 0.5) is 0 Å². The fourth-order valence-electron chi connectivity index (χ4n) is 2.07. The second-order valence-corrected chi connectivity index (χ2v) is 6.63. The molecule has 18 heavy (non-hydrogen) atoms. The van der Waals surface area contributed by atoms with Crippen LogP contribution in [-0.4, -0.2) is 37.2 Å².